The lowest BCUT2D eigenvalue weighted by atomic mass is 9.84. The van der Waals surface area contributed by atoms with Crippen LogP contribution in [0.2, 0.25) is 0 Å². The van der Waals surface area contributed by atoms with Crippen molar-refractivity contribution in [2.24, 2.45) is 5.92 Å². The number of aromatic nitrogens is 2. The topological polar surface area (TPSA) is 75.4 Å². The summed E-state index contributed by atoms with van der Waals surface area (Å²) in [7, 11) is 0. The third-order valence-electron chi connectivity index (χ3n) is 5.35. The highest BCUT2D eigenvalue weighted by atomic mass is 16.4. The van der Waals surface area contributed by atoms with Crippen LogP contribution in [0.4, 0.5) is 0 Å². The minimum absolute atomic E-state index is 0.0486. The van der Waals surface area contributed by atoms with Gasteiger partial charge in [-0.25, -0.2) is 4.79 Å². The highest BCUT2D eigenvalue weighted by Gasteiger charge is 2.48. The molecule has 1 saturated carbocycles. The van der Waals surface area contributed by atoms with Gasteiger partial charge in [0.1, 0.15) is 6.04 Å². The first-order valence-corrected chi connectivity index (χ1v) is 8.83. The first-order chi connectivity index (χ1) is 11.2. The van der Waals surface area contributed by atoms with Crippen LogP contribution in [0.25, 0.3) is 0 Å². The van der Waals surface area contributed by atoms with Crippen molar-refractivity contribution in [1.29, 1.82) is 0 Å². The van der Waals surface area contributed by atoms with Crippen LogP contribution in [0.5, 0.6) is 0 Å². The lowest BCUT2D eigenvalue weighted by Crippen LogP contribution is -2.46. The van der Waals surface area contributed by atoms with Gasteiger partial charge in [0.2, 0.25) is 0 Å². The number of likely N-dealkylation sites (tertiary alicyclic amines) is 1. The molecule has 1 aliphatic carbocycles. The Hall–Kier alpha value is -1.85. The summed E-state index contributed by atoms with van der Waals surface area (Å²) in [5.41, 5.74) is 1.06. The summed E-state index contributed by atoms with van der Waals surface area (Å²) in [6, 6.07) is 1.11. The first-order valence-electron chi connectivity index (χ1n) is 8.83. The Balaban J connectivity index is 1.93. The fraction of sp³-hybridized carbons (Fsp3) is 0.722. The zero-order chi connectivity index (χ0) is 17.6. The molecule has 0 radical (unpaired) electrons. The Kier molecular flexibility index (Phi) is 4.18. The predicted octanol–water partition coefficient (Wildman–Crippen LogP) is 2.80. The van der Waals surface area contributed by atoms with Gasteiger partial charge in [0.15, 0.2) is 5.69 Å². The Morgan fingerprint density at radius 3 is 2.50 bits per heavy atom. The number of nitrogens with zero attached hydrogens (tertiary/aromatic N) is 3. The van der Waals surface area contributed by atoms with Crippen molar-refractivity contribution in [3.8, 4) is 0 Å². The van der Waals surface area contributed by atoms with Gasteiger partial charge in [0.05, 0.1) is 5.54 Å². The van der Waals surface area contributed by atoms with E-state index in [4.69, 9.17) is 0 Å². The molecule has 0 aromatic carbocycles. The quantitative estimate of drug-likeness (QED) is 0.903. The Morgan fingerprint density at radius 2 is 1.92 bits per heavy atom. The van der Waals surface area contributed by atoms with E-state index < -0.39 is 12.0 Å². The second-order valence-electron chi connectivity index (χ2n) is 8.17. The second-order valence-corrected chi connectivity index (χ2v) is 8.17. The number of aryl methyl sites for hydroxylation is 1. The molecule has 6 heteroatoms. The summed E-state index contributed by atoms with van der Waals surface area (Å²) in [4.78, 5) is 26.4. The van der Waals surface area contributed by atoms with Crippen LogP contribution >= 0.6 is 0 Å². The molecule has 1 aliphatic heterocycles. The molecular formula is C18H27N3O3. The third kappa shape index (κ3) is 2.82. The van der Waals surface area contributed by atoms with Crippen LogP contribution in [-0.4, -0.2) is 43.7 Å². The third-order valence-corrected chi connectivity index (χ3v) is 5.35. The fourth-order valence-electron chi connectivity index (χ4n) is 4.36. The standard InChI is InChI=1S/C18H27N3O3/c1-11-9-13(19-21(11)18(2,3)4)16(22)20-14-8-6-5-7-12(14)10-15(20)17(23)24/h9,12,14-15H,5-8,10H2,1-4H3,(H,23,24)/t12-,14+,15+/m1/s1. The number of aliphatic carboxylic acids is 1. The second kappa shape index (κ2) is 5.90. The minimum atomic E-state index is -0.898. The SMILES string of the molecule is Cc1cc(C(=O)N2[C@H](C(=O)O)C[C@H]3CCCC[C@@H]32)nn1C(C)(C)C. The van der Waals surface area contributed by atoms with E-state index in [1.807, 2.05) is 32.4 Å². The molecular weight excluding hydrogens is 306 g/mol. The Labute approximate surface area is 142 Å². The zero-order valence-electron chi connectivity index (χ0n) is 15.0. The zero-order valence-corrected chi connectivity index (χ0v) is 15.0. The number of carbonyl (C=O) groups excluding carboxylic acids is 1. The Bertz CT molecular complexity index is 659. The van der Waals surface area contributed by atoms with Gasteiger partial charge < -0.3 is 10.0 Å². The summed E-state index contributed by atoms with van der Waals surface area (Å²) < 4.78 is 1.84. The van der Waals surface area contributed by atoms with Gasteiger partial charge in [-0.2, -0.15) is 5.10 Å². The van der Waals surface area contributed by atoms with Gasteiger partial charge in [-0.3, -0.25) is 9.48 Å². The number of fused-ring (bicyclic) bond motifs is 1. The molecule has 24 heavy (non-hydrogen) atoms. The fourth-order valence-corrected chi connectivity index (χ4v) is 4.36. The molecule has 0 spiro atoms. The van der Waals surface area contributed by atoms with Crippen LogP contribution in [0.15, 0.2) is 6.07 Å². The molecule has 3 atom stereocenters. The monoisotopic (exact) mass is 333 g/mol. The average Bonchev–Trinajstić information content (AvgIpc) is 3.07. The van der Waals surface area contributed by atoms with E-state index in [0.29, 0.717) is 18.0 Å². The highest BCUT2D eigenvalue weighted by Crippen LogP contribution is 2.40. The largest absolute Gasteiger partial charge is 0.480 e. The summed E-state index contributed by atoms with van der Waals surface area (Å²) >= 11 is 0. The molecule has 6 nitrogen and oxygen atoms in total. The lowest BCUT2D eigenvalue weighted by molar-refractivity contribution is -0.141. The van der Waals surface area contributed by atoms with E-state index in [-0.39, 0.29) is 17.5 Å². The molecule has 2 heterocycles. The molecule has 1 aromatic heterocycles. The summed E-state index contributed by atoms with van der Waals surface area (Å²) in [5, 5.41) is 14.1. The van der Waals surface area contributed by atoms with E-state index in [1.165, 1.54) is 0 Å². The number of hydrogen-bond acceptors (Lipinski definition) is 3. The van der Waals surface area contributed by atoms with E-state index in [0.717, 1.165) is 31.4 Å². The number of carboxylic acid groups (broad SMARTS) is 1. The van der Waals surface area contributed by atoms with E-state index >= 15 is 0 Å². The number of carboxylic acids is 1. The molecule has 1 saturated heterocycles. The number of carbonyl (C=O) groups is 2. The minimum Gasteiger partial charge on any atom is -0.480 e. The van der Waals surface area contributed by atoms with Crippen LogP contribution in [0, 0.1) is 12.8 Å². The summed E-state index contributed by atoms with van der Waals surface area (Å²) in [6.45, 7) is 8.04. The molecule has 0 bridgehead atoms. The van der Waals surface area contributed by atoms with Gasteiger partial charge in [-0.1, -0.05) is 12.8 Å². The molecule has 2 fully saturated rings. The highest BCUT2D eigenvalue weighted by molar-refractivity contribution is 5.95. The smallest absolute Gasteiger partial charge is 0.326 e. The average molecular weight is 333 g/mol. The van der Waals surface area contributed by atoms with Gasteiger partial charge in [0, 0.05) is 11.7 Å². The lowest BCUT2D eigenvalue weighted by Gasteiger charge is -2.32. The van der Waals surface area contributed by atoms with Crippen molar-refractivity contribution in [3.05, 3.63) is 17.5 Å². The van der Waals surface area contributed by atoms with E-state index in [9.17, 15) is 14.7 Å². The van der Waals surface area contributed by atoms with Crippen molar-refractivity contribution >= 4 is 11.9 Å². The molecule has 1 amide bonds. The van der Waals surface area contributed by atoms with Gasteiger partial charge in [0.25, 0.3) is 5.91 Å². The van der Waals surface area contributed by atoms with Gasteiger partial charge in [-0.15, -0.1) is 0 Å². The van der Waals surface area contributed by atoms with Crippen molar-refractivity contribution in [2.75, 3.05) is 0 Å². The van der Waals surface area contributed by atoms with Crippen LogP contribution < -0.4 is 0 Å². The van der Waals surface area contributed by atoms with E-state index in [2.05, 4.69) is 5.10 Å². The van der Waals surface area contributed by atoms with Crippen molar-refractivity contribution < 1.29 is 14.7 Å². The van der Waals surface area contributed by atoms with Crippen molar-refractivity contribution in [2.45, 2.75) is 77.4 Å². The van der Waals surface area contributed by atoms with Crippen LogP contribution in [-0.2, 0) is 10.3 Å². The van der Waals surface area contributed by atoms with E-state index in [1.54, 1.807) is 11.0 Å². The van der Waals surface area contributed by atoms with Gasteiger partial charge >= 0.3 is 5.97 Å². The maximum atomic E-state index is 13.1. The molecule has 1 N–H and O–H groups in total. The maximum Gasteiger partial charge on any atom is 0.326 e. The van der Waals surface area contributed by atoms with Crippen molar-refractivity contribution in [3.63, 3.8) is 0 Å². The summed E-state index contributed by atoms with van der Waals surface area (Å²) in [6.07, 6.45) is 4.69. The molecule has 0 unspecified atom stereocenters. The number of hydrogen-bond donors (Lipinski definition) is 1. The number of rotatable bonds is 2. The number of amides is 1. The maximum absolute atomic E-state index is 13.1. The molecule has 3 rings (SSSR count). The van der Waals surface area contributed by atoms with Gasteiger partial charge in [-0.05, 0) is 58.9 Å². The molecule has 132 valence electrons. The molecule has 1 aromatic rings. The van der Waals surface area contributed by atoms with Crippen molar-refractivity contribution in [1.82, 2.24) is 14.7 Å². The van der Waals surface area contributed by atoms with Crippen LogP contribution in [0.3, 0.4) is 0 Å². The Morgan fingerprint density at radius 1 is 1.25 bits per heavy atom. The van der Waals surface area contributed by atoms with Crippen LogP contribution in [0.1, 0.15) is 69.1 Å². The summed E-state index contributed by atoms with van der Waals surface area (Å²) in [5.74, 6) is -0.817. The first kappa shape index (κ1) is 17.0. The normalized spacial score (nSPS) is 27.2. The predicted molar refractivity (Wildman–Crippen MR) is 89.9 cm³/mol. The molecule has 2 aliphatic rings.